The van der Waals surface area contributed by atoms with Gasteiger partial charge in [0.05, 0.1) is 5.69 Å². The Morgan fingerprint density at radius 1 is 1.17 bits per heavy atom. The molecule has 0 bridgehead atoms. The third kappa shape index (κ3) is 2.77. The second-order valence-corrected chi connectivity index (χ2v) is 7.24. The molecule has 2 heterocycles. The molecule has 0 N–H and O–H groups in total. The van der Waals surface area contributed by atoms with Crippen molar-refractivity contribution in [2.75, 3.05) is 0 Å². The SMILES string of the molecule is Cc1cccc(-n2ccnc2S(=O)(=O)Cc2ncnn2C)c1C. The molecule has 0 aliphatic rings. The van der Waals surface area contributed by atoms with Crippen molar-refractivity contribution in [1.82, 2.24) is 24.3 Å². The molecule has 2 aromatic heterocycles. The number of aryl methyl sites for hydroxylation is 2. The lowest BCUT2D eigenvalue weighted by Gasteiger charge is -2.12. The first-order valence-corrected chi connectivity index (χ1v) is 8.71. The van der Waals surface area contributed by atoms with E-state index >= 15 is 0 Å². The fraction of sp³-hybridized carbons (Fsp3) is 0.267. The Labute approximate surface area is 134 Å². The van der Waals surface area contributed by atoms with Crippen LogP contribution in [0.15, 0.2) is 42.1 Å². The van der Waals surface area contributed by atoms with E-state index in [9.17, 15) is 8.42 Å². The summed E-state index contributed by atoms with van der Waals surface area (Å²) in [6, 6.07) is 5.77. The molecular formula is C15H17N5O2S. The van der Waals surface area contributed by atoms with Gasteiger partial charge in [-0.3, -0.25) is 9.25 Å². The van der Waals surface area contributed by atoms with Gasteiger partial charge in [-0.1, -0.05) is 12.1 Å². The van der Waals surface area contributed by atoms with Gasteiger partial charge in [0.15, 0.2) is 0 Å². The highest BCUT2D eigenvalue weighted by Crippen LogP contribution is 2.22. The van der Waals surface area contributed by atoms with Crippen molar-refractivity contribution in [3.8, 4) is 5.69 Å². The van der Waals surface area contributed by atoms with E-state index in [1.165, 1.54) is 17.2 Å². The molecule has 120 valence electrons. The van der Waals surface area contributed by atoms with E-state index in [1.807, 2.05) is 32.0 Å². The van der Waals surface area contributed by atoms with Gasteiger partial charge >= 0.3 is 0 Å². The maximum absolute atomic E-state index is 12.7. The van der Waals surface area contributed by atoms with Gasteiger partial charge in [-0.15, -0.1) is 0 Å². The van der Waals surface area contributed by atoms with Crippen molar-refractivity contribution < 1.29 is 8.42 Å². The van der Waals surface area contributed by atoms with Crippen LogP contribution in [0, 0.1) is 13.8 Å². The van der Waals surface area contributed by atoms with Crippen molar-refractivity contribution >= 4 is 9.84 Å². The molecule has 8 heteroatoms. The summed E-state index contributed by atoms with van der Waals surface area (Å²) in [5, 5.41) is 3.91. The van der Waals surface area contributed by atoms with E-state index in [-0.39, 0.29) is 10.9 Å². The average molecular weight is 331 g/mol. The van der Waals surface area contributed by atoms with Crippen LogP contribution in [0.4, 0.5) is 0 Å². The fourth-order valence-corrected chi connectivity index (χ4v) is 3.80. The number of benzene rings is 1. The minimum absolute atomic E-state index is 0.00852. The molecule has 0 fully saturated rings. The number of sulfone groups is 1. The van der Waals surface area contributed by atoms with Crippen molar-refractivity contribution in [3.05, 3.63) is 53.9 Å². The third-order valence-corrected chi connectivity index (χ3v) is 5.34. The summed E-state index contributed by atoms with van der Waals surface area (Å²) in [6.07, 6.45) is 4.48. The lowest BCUT2D eigenvalue weighted by atomic mass is 10.1. The normalized spacial score (nSPS) is 11.8. The number of imidazole rings is 1. The quantitative estimate of drug-likeness (QED) is 0.725. The molecule has 0 aliphatic carbocycles. The Morgan fingerprint density at radius 3 is 2.65 bits per heavy atom. The summed E-state index contributed by atoms with van der Waals surface area (Å²) in [7, 11) is -1.98. The molecule has 0 radical (unpaired) electrons. The molecule has 23 heavy (non-hydrogen) atoms. The maximum Gasteiger partial charge on any atom is 0.232 e. The van der Waals surface area contributed by atoms with E-state index in [0.717, 1.165) is 16.8 Å². The van der Waals surface area contributed by atoms with Crippen LogP contribution in [-0.2, 0) is 22.6 Å². The zero-order valence-electron chi connectivity index (χ0n) is 13.1. The topological polar surface area (TPSA) is 82.7 Å². The van der Waals surface area contributed by atoms with Crippen molar-refractivity contribution in [2.24, 2.45) is 7.05 Å². The van der Waals surface area contributed by atoms with Crippen molar-refractivity contribution in [3.63, 3.8) is 0 Å². The molecule has 7 nitrogen and oxygen atoms in total. The van der Waals surface area contributed by atoms with Crippen molar-refractivity contribution in [1.29, 1.82) is 0 Å². The van der Waals surface area contributed by atoms with E-state index in [1.54, 1.807) is 17.8 Å². The molecule has 0 amide bonds. The summed E-state index contributed by atoms with van der Waals surface area (Å²) in [6.45, 7) is 3.95. The lowest BCUT2D eigenvalue weighted by molar-refractivity contribution is 0.579. The molecular weight excluding hydrogens is 314 g/mol. The Morgan fingerprint density at radius 2 is 1.96 bits per heavy atom. The standard InChI is InChI=1S/C15H17N5O2S/c1-11-5-4-6-13(12(11)2)20-8-7-16-15(20)23(21,22)9-14-17-10-18-19(14)3/h4-8,10H,9H2,1-3H3. The molecule has 0 atom stereocenters. The zero-order valence-corrected chi connectivity index (χ0v) is 13.9. The van der Waals surface area contributed by atoms with Crippen LogP contribution >= 0.6 is 0 Å². The second kappa shape index (κ2) is 5.62. The van der Waals surface area contributed by atoms with Crippen LogP contribution in [0.2, 0.25) is 0 Å². The number of rotatable bonds is 4. The Kier molecular flexibility index (Phi) is 3.77. The molecule has 0 unspecified atom stereocenters. The Bertz CT molecular complexity index is 956. The van der Waals surface area contributed by atoms with Gasteiger partial charge < -0.3 is 0 Å². The summed E-state index contributed by atoms with van der Waals surface area (Å²) < 4.78 is 28.5. The van der Waals surface area contributed by atoms with E-state index < -0.39 is 9.84 Å². The number of hydrogen-bond acceptors (Lipinski definition) is 5. The van der Waals surface area contributed by atoms with E-state index in [2.05, 4.69) is 15.1 Å². The summed E-state index contributed by atoms with van der Waals surface area (Å²) in [4.78, 5) is 8.04. The summed E-state index contributed by atoms with van der Waals surface area (Å²) in [5.74, 6) is 0.131. The predicted octanol–water partition coefficient (Wildman–Crippen LogP) is 1.59. The minimum Gasteiger partial charge on any atom is -0.290 e. The Hall–Kier alpha value is -2.48. The summed E-state index contributed by atoms with van der Waals surface area (Å²) >= 11 is 0. The Balaban J connectivity index is 2.07. The van der Waals surface area contributed by atoms with Crippen LogP contribution in [0.25, 0.3) is 5.69 Å². The number of aromatic nitrogens is 5. The first kappa shape index (κ1) is 15.4. The van der Waals surface area contributed by atoms with Crippen LogP contribution in [0.5, 0.6) is 0 Å². The molecule has 0 aliphatic heterocycles. The lowest BCUT2D eigenvalue weighted by Crippen LogP contribution is -2.15. The van der Waals surface area contributed by atoms with Gasteiger partial charge in [0, 0.05) is 19.4 Å². The van der Waals surface area contributed by atoms with E-state index in [0.29, 0.717) is 5.82 Å². The first-order valence-electron chi connectivity index (χ1n) is 7.06. The first-order chi connectivity index (χ1) is 10.9. The fourth-order valence-electron chi connectivity index (χ4n) is 2.39. The second-order valence-electron chi connectivity index (χ2n) is 5.36. The van der Waals surface area contributed by atoms with Crippen LogP contribution < -0.4 is 0 Å². The largest absolute Gasteiger partial charge is 0.290 e. The van der Waals surface area contributed by atoms with Gasteiger partial charge in [-0.25, -0.2) is 18.4 Å². The predicted molar refractivity (Wildman–Crippen MR) is 84.9 cm³/mol. The van der Waals surface area contributed by atoms with Crippen molar-refractivity contribution in [2.45, 2.75) is 24.8 Å². The van der Waals surface area contributed by atoms with Crippen LogP contribution in [0.1, 0.15) is 17.0 Å². The number of nitrogens with zero attached hydrogens (tertiary/aromatic N) is 5. The highest BCUT2D eigenvalue weighted by atomic mass is 32.2. The highest BCUT2D eigenvalue weighted by Gasteiger charge is 2.24. The monoisotopic (exact) mass is 331 g/mol. The van der Waals surface area contributed by atoms with E-state index in [4.69, 9.17) is 0 Å². The van der Waals surface area contributed by atoms with Crippen LogP contribution in [-0.4, -0.2) is 32.7 Å². The summed E-state index contributed by atoms with van der Waals surface area (Å²) in [5.41, 5.74) is 2.91. The van der Waals surface area contributed by atoms with Gasteiger partial charge in [-0.2, -0.15) is 5.10 Å². The van der Waals surface area contributed by atoms with Gasteiger partial charge in [-0.05, 0) is 31.0 Å². The third-order valence-electron chi connectivity index (χ3n) is 3.84. The molecule has 0 spiro atoms. The highest BCUT2D eigenvalue weighted by molar-refractivity contribution is 7.90. The van der Waals surface area contributed by atoms with Gasteiger partial charge in [0.1, 0.15) is 17.9 Å². The molecule has 3 aromatic rings. The number of hydrogen-bond donors (Lipinski definition) is 0. The van der Waals surface area contributed by atoms with Gasteiger partial charge in [0.25, 0.3) is 0 Å². The minimum atomic E-state index is -3.64. The smallest absolute Gasteiger partial charge is 0.232 e. The van der Waals surface area contributed by atoms with Gasteiger partial charge in [0.2, 0.25) is 15.0 Å². The molecule has 1 aromatic carbocycles. The molecule has 3 rings (SSSR count). The molecule has 0 saturated carbocycles. The maximum atomic E-state index is 12.7. The zero-order chi connectivity index (χ0) is 16.6. The van der Waals surface area contributed by atoms with Crippen LogP contribution in [0.3, 0.4) is 0 Å². The average Bonchev–Trinajstić information content (AvgIpc) is 3.12. The molecule has 0 saturated heterocycles.